The zero-order valence-corrected chi connectivity index (χ0v) is 17.2. The van der Waals surface area contributed by atoms with Crippen LogP contribution in [-0.2, 0) is 6.42 Å². The topological polar surface area (TPSA) is 69.8 Å². The molecule has 2 heterocycles. The first kappa shape index (κ1) is 20.5. The van der Waals surface area contributed by atoms with Crippen molar-refractivity contribution in [3.8, 4) is 0 Å². The fourth-order valence-corrected chi connectivity index (χ4v) is 3.75. The third-order valence-electron chi connectivity index (χ3n) is 4.24. The van der Waals surface area contributed by atoms with Crippen molar-refractivity contribution >= 4 is 28.9 Å². The molecule has 7 heteroatoms. The number of aliphatic imine (C=N–C) groups is 1. The molecule has 2 aromatic heterocycles. The fourth-order valence-electron chi connectivity index (χ4n) is 2.72. The van der Waals surface area contributed by atoms with Crippen molar-refractivity contribution in [1.82, 2.24) is 10.6 Å². The smallest absolute Gasteiger partial charge is 0.191 e. The van der Waals surface area contributed by atoms with Gasteiger partial charge in [-0.05, 0) is 36.8 Å². The van der Waals surface area contributed by atoms with Crippen LogP contribution in [0.3, 0.4) is 0 Å². The molecule has 148 valence electrons. The maximum atomic E-state index is 10.4. The maximum Gasteiger partial charge on any atom is 0.191 e. The summed E-state index contributed by atoms with van der Waals surface area (Å²) in [6, 6.07) is 17.7. The number of hydrogen-bond acceptors (Lipinski definition) is 4. The summed E-state index contributed by atoms with van der Waals surface area (Å²) >= 11 is 7.33. The predicted octanol–water partition coefficient (Wildman–Crippen LogP) is 4.57. The number of hydrogen-bond donors (Lipinski definition) is 3. The third-order valence-corrected chi connectivity index (χ3v) is 5.57. The molecule has 3 rings (SSSR count). The number of rotatable bonds is 8. The highest BCUT2D eigenvalue weighted by Crippen LogP contribution is 2.27. The van der Waals surface area contributed by atoms with E-state index in [9.17, 15) is 5.11 Å². The van der Waals surface area contributed by atoms with E-state index in [1.165, 1.54) is 11.3 Å². The Morgan fingerprint density at radius 2 is 2.00 bits per heavy atom. The van der Waals surface area contributed by atoms with Crippen molar-refractivity contribution in [3.05, 3.63) is 81.4 Å². The Balaban J connectivity index is 1.63. The highest BCUT2D eigenvalue weighted by molar-refractivity contribution is 7.16. The lowest BCUT2D eigenvalue weighted by Gasteiger charge is -2.19. The standard InChI is InChI=1S/C21H24ClN3O2S/c1-15(16-6-3-2-4-7-16)25-21(23-12-11-17-8-5-13-27-17)24-14-18(26)19-9-10-20(22)28-19/h2-10,13,15,18,26H,11-12,14H2,1H3,(H2,23,24,25). The van der Waals surface area contributed by atoms with E-state index < -0.39 is 6.10 Å². The number of nitrogens with one attached hydrogen (secondary N) is 2. The SMILES string of the molecule is CC(NC(=NCC(O)c1ccc(Cl)s1)NCCc1ccco1)c1ccccc1. The molecule has 3 N–H and O–H groups in total. The lowest BCUT2D eigenvalue weighted by molar-refractivity contribution is 0.191. The Labute approximate surface area is 174 Å². The monoisotopic (exact) mass is 417 g/mol. The van der Waals surface area contributed by atoms with Gasteiger partial charge in [-0.1, -0.05) is 41.9 Å². The molecule has 0 saturated carbocycles. The molecule has 2 atom stereocenters. The van der Waals surface area contributed by atoms with Gasteiger partial charge in [0.2, 0.25) is 0 Å². The minimum absolute atomic E-state index is 0.0735. The molecule has 2 unspecified atom stereocenters. The van der Waals surface area contributed by atoms with Gasteiger partial charge in [0.05, 0.1) is 23.2 Å². The van der Waals surface area contributed by atoms with Gasteiger partial charge in [-0.15, -0.1) is 11.3 Å². The lowest BCUT2D eigenvalue weighted by atomic mass is 10.1. The van der Waals surface area contributed by atoms with E-state index in [0.29, 0.717) is 16.8 Å². The largest absolute Gasteiger partial charge is 0.469 e. The average Bonchev–Trinajstić information content (AvgIpc) is 3.38. The van der Waals surface area contributed by atoms with Crippen LogP contribution in [0.1, 0.15) is 35.3 Å². The number of nitrogens with zero attached hydrogens (tertiary/aromatic N) is 1. The molecule has 0 aliphatic rings. The van der Waals surface area contributed by atoms with Gasteiger partial charge < -0.3 is 20.2 Å². The average molecular weight is 418 g/mol. The lowest BCUT2D eigenvalue weighted by Crippen LogP contribution is -2.40. The summed E-state index contributed by atoms with van der Waals surface area (Å²) in [4.78, 5) is 5.38. The zero-order chi connectivity index (χ0) is 19.8. The normalized spacial score (nSPS) is 13.9. The van der Waals surface area contributed by atoms with Gasteiger partial charge in [0.15, 0.2) is 5.96 Å². The van der Waals surface area contributed by atoms with Gasteiger partial charge in [-0.25, -0.2) is 0 Å². The van der Waals surface area contributed by atoms with Gasteiger partial charge in [0.1, 0.15) is 11.9 Å². The van der Waals surface area contributed by atoms with Crippen molar-refractivity contribution < 1.29 is 9.52 Å². The van der Waals surface area contributed by atoms with Gasteiger partial charge in [0.25, 0.3) is 0 Å². The van der Waals surface area contributed by atoms with Crippen molar-refractivity contribution in [2.24, 2.45) is 4.99 Å². The quantitative estimate of drug-likeness (QED) is 0.371. The maximum absolute atomic E-state index is 10.4. The number of benzene rings is 1. The van der Waals surface area contributed by atoms with Crippen LogP contribution in [-0.4, -0.2) is 24.2 Å². The Kier molecular flexibility index (Phi) is 7.54. The first-order chi connectivity index (χ1) is 13.6. The molecule has 28 heavy (non-hydrogen) atoms. The van der Waals surface area contributed by atoms with Crippen LogP contribution >= 0.6 is 22.9 Å². The summed E-state index contributed by atoms with van der Waals surface area (Å²) in [6.45, 7) is 2.99. The number of aliphatic hydroxyl groups excluding tert-OH is 1. The number of thiophene rings is 1. The van der Waals surface area contributed by atoms with Crippen LogP contribution in [0.4, 0.5) is 0 Å². The molecule has 5 nitrogen and oxygen atoms in total. The summed E-state index contributed by atoms with van der Waals surface area (Å²) in [5.74, 6) is 1.56. The minimum atomic E-state index is -0.687. The van der Waals surface area contributed by atoms with Crippen LogP contribution in [0.15, 0.2) is 70.3 Å². The second kappa shape index (κ2) is 10.3. The Bertz CT molecular complexity index is 865. The van der Waals surface area contributed by atoms with Crippen LogP contribution in [0.2, 0.25) is 4.34 Å². The van der Waals surface area contributed by atoms with E-state index in [1.807, 2.05) is 36.4 Å². The number of furan rings is 1. The van der Waals surface area contributed by atoms with Crippen molar-refractivity contribution in [2.45, 2.75) is 25.5 Å². The highest BCUT2D eigenvalue weighted by atomic mass is 35.5. The van der Waals surface area contributed by atoms with Gasteiger partial charge in [0, 0.05) is 17.8 Å². The van der Waals surface area contributed by atoms with Gasteiger partial charge >= 0.3 is 0 Å². The van der Waals surface area contributed by atoms with Gasteiger partial charge in [-0.2, -0.15) is 0 Å². The second-order valence-electron chi connectivity index (χ2n) is 6.38. The van der Waals surface area contributed by atoms with E-state index in [-0.39, 0.29) is 12.6 Å². The Hall–Kier alpha value is -2.28. The Morgan fingerprint density at radius 3 is 2.68 bits per heavy atom. The van der Waals surface area contributed by atoms with Crippen LogP contribution in [0, 0.1) is 0 Å². The molecule has 0 saturated heterocycles. The zero-order valence-electron chi connectivity index (χ0n) is 15.6. The van der Waals surface area contributed by atoms with Crippen LogP contribution in [0.5, 0.6) is 0 Å². The molecule has 0 bridgehead atoms. The molecule has 0 fully saturated rings. The van der Waals surface area contributed by atoms with Crippen LogP contribution in [0.25, 0.3) is 0 Å². The molecular formula is C21H24ClN3O2S. The summed E-state index contributed by atoms with van der Waals surface area (Å²) in [7, 11) is 0. The molecule has 0 radical (unpaired) electrons. The molecule has 0 amide bonds. The third kappa shape index (κ3) is 6.12. The fraction of sp³-hybridized carbons (Fsp3) is 0.286. The molecule has 0 aliphatic carbocycles. The van der Waals surface area contributed by atoms with E-state index in [0.717, 1.165) is 22.6 Å². The Morgan fingerprint density at radius 1 is 1.18 bits per heavy atom. The molecule has 0 aliphatic heterocycles. The summed E-state index contributed by atoms with van der Waals surface area (Å²) in [5, 5.41) is 17.1. The number of guanidine groups is 1. The minimum Gasteiger partial charge on any atom is -0.469 e. The van der Waals surface area contributed by atoms with E-state index in [1.54, 1.807) is 12.3 Å². The highest BCUT2D eigenvalue weighted by Gasteiger charge is 2.12. The number of halogens is 1. The van der Waals surface area contributed by atoms with Crippen molar-refractivity contribution in [1.29, 1.82) is 0 Å². The second-order valence-corrected chi connectivity index (χ2v) is 8.13. The predicted molar refractivity (Wildman–Crippen MR) is 115 cm³/mol. The molecular weight excluding hydrogens is 394 g/mol. The number of aliphatic hydroxyl groups is 1. The summed E-state index contributed by atoms with van der Waals surface area (Å²) < 4.78 is 6.03. The summed E-state index contributed by atoms with van der Waals surface area (Å²) in [6.07, 6.45) is 1.73. The van der Waals surface area contributed by atoms with Gasteiger partial charge in [-0.3, -0.25) is 4.99 Å². The van der Waals surface area contributed by atoms with Crippen molar-refractivity contribution in [3.63, 3.8) is 0 Å². The van der Waals surface area contributed by atoms with E-state index in [4.69, 9.17) is 16.0 Å². The van der Waals surface area contributed by atoms with Crippen LogP contribution < -0.4 is 10.6 Å². The summed E-state index contributed by atoms with van der Waals surface area (Å²) in [5.41, 5.74) is 1.16. The molecule has 1 aromatic carbocycles. The van der Waals surface area contributed by atoms with Crippen molar-refractivity contribution in [2.75, 3.05) is 13.1 Å². The first-order valence-electron chi connectivity index (χ1n) is 9.17. The molecule has 3 aromatic rings. The first-order valence-corrected chi connectivity index (χ1v) is 10.4. The van der Waals surface area contributed by atoms with E-state index in [2.05, 4.69) is 34.7 Å². The van der Waals surface area contributed by atoms with E-state index >= 15 is 0 Å². The molecule has 0 spiro atoms.